The van der Waals surface area contributed by atoms with Crippen LogP contribution < -0.4 is 5.43 Å². The molecule has 1 aliphatic carbocycles. The van der Waals surface area contributed by atoms with Gasteiger partial charge in [0.1, 0.15) is 0 Å². The molecule has 1 aliphatic heterocycles. The van der Waals surface area contributed by atoms with Gasteiger partial charge in [-0.15, -0.1) is 0 Å². The number of fused-ring (bicyclic) bond motifs is 3. The smallest absolute Gasteiger partial charge is 0.407 e. The van der Waals surface area contributed by atoms with Gasteiger partial charge in [-0.3, -0.25) is 0 Å². The first-order chi connectivity index (χ1) is 14.2. The number of rotatable bonds is 3. The van der Waals surface area contributed by atoms with Crippen molar-refractivity contribution in [1.29, 1.82) is 0 Å². The number of ether oxygens (including phenoxy) is 2. The van der Waals surface area contributed by atoms with Gasteiger partial charge in [0, 0.05) is 11.6 Å². The number of carbonyl (C=O) groups is 2. The lowest BCUT2D eigenvalue weighted by atomic mass is 9.94. The predicted octanol–water partition coefficient (Wildman–Crippen LogP) is 2.81. The van der Waals surface area contributed by atoms with Crippen molar-refractivity contribution in [2.45, 2.75) is 0 Å². The van der Waals surface area contributed by atoms with Gasteiger partial charge in [-0.25, -0.2) is 9.59 Å². The second-order valence-electron chi connectivity index (χ2n) is 6.37. The van der Waals surface area contributed by atoms with Crippen molar-refractivity contribution in [3.05, 3.63) is 89.8 Å². The molecule has 2 aromatic rings. The number of carbonyl (C=O) groups excluding carboxylic acids is 2. The van der Waals surface area contributed by atoms with Gasteiger partial charge in [0.15, 0.2) is 5.57 Å². The first-order valence-corrected chi connectivity index (χ1v) is 9.03. The number of methoxy groups -OCH3 is 2. The van der Waals surface area contributed by atoms with Crippen molar-refractivity contribution in [2.24, 2.45) is 0 Å². The SMILES string of the molecule is COC(=O)C(=C1c2ccccc2-c2ccccc21)C(C(=O)OC)=[N+]1C=CC=CN1. The summed E-state index contributed by atoms with van der Waals surface area (Å²) in [6.45, 7) is 0. The van der Waals surface area contributed by atoms with Gasteiger partial charge in [0.25, 0.3) is 0 Å². The van der Waals surface area contributed by atoms with Crippen LogP contribution in [-0.2, 0) is 19.1 Å². The minimum atomic E-state index is -0.660. The minimum Gasteiger partial charge on any atom is -0.465 e. The Hall–Kier alpha value is -3.93. The molecule has 1 N–H and O–H groups in total. The van der Waals surface area contributed by atoms with E-state index in [1.165, 1.54) is 18.9 Å². The summed E-state index contributed by atoms with van der Waals surface area (Å²) in [6.07, 6.45) is 6.81. The summed E-state index contributed by atoms with van der Waals surface area (Å²) >= 11 is 0. The first kappa shape index (κ1) is 18.4. The molecule has 0 bridgehead atoms. The standard InChI is InChI=1S/C23H18N2O4/c1-28-22(26)20(21(23(27)29-2)25-14-8-7-13-24-25)19-17-11-5-3-9-15(17)16-10-4-6-12-18(16)19/h3-14H,1-2H3/p+1. The maximum Gasteiger partial charge on any atom is 0.407 e. The Morgan fingerprint density at radius 1 is 0.793 bits per heavy atom. The van der Waals surface area contributed by atoms with Crippen LogP contribution in [0, 0.1) is 0 Å². The van der Waals surface area contributed by atoms with E-state index in [9.17, 15) is 9.59 Å². The number of nitrogens with zero attached hydrogens (tertiary/aromatic N) is 1. The molecule has 144 valence electrons. The summed E-state index contributed by atoms with van der Waals surface area (Å²) in [4.78, 5) is 25.8. The molecule has 0 spiro atoms. The lowest BCUT2D eigenvalue weighted by molar-refractivity contribution is -0.510. The Labute approximate surface area is 168 Å². The van der Waals surface area contributed by atoms with Crippen LogP contribution in [-0.4, -0.2) is 36.6 Å². The zero-order valence-corrected chi connectivity index (χ0v) is 16.0. The maximum absolute atomic E-state index is 13.0. The van der Waals surface area contributed by atoms with E-state index >= 15 is 0 Å². The second-order valence-corrected chi connectivity index (χ2v) is 6.37. The highest BCUT2D eigenvalue weighted by Crippen LogP contribution is 2.45. The van der Waals surface area contributed by atoms with E-state index in [1.807, 2.05) is 48.5 Å². The summed E-state index contributed by atoms with van der Waals surface area (Å²) in [7, 11) is 2.58. The van der Waals surface area contributed by atoms with Crippen LogP contribution in [0.1, 0.15) is 11.1 Å². The Balaban J connectivity index is 2.12. The minimum absolute atomic E-state index is 0.0430. The van der Waals surface area contributed by atoms with E-state index in [4.69, 9.17) is 9.47 Å². The van der Waals surface area contributed by atoms with E-state index in [2.05, 4.69) is 5.43 Å². The molecule has 0 amide bonds. The number of hydrogen-bond acceptors (Lipinski definition) is 5. The summed E-state index contributed by atoms with van der Waals surface area (Å²) in [6, 6.07) is 15.6. The third kappa shape index (κ3) is 3.04. The molecule has 0 radical (unpaired) electrons. The van der Waals surface area contributed by atoms with Crippen LogP contribution in [0.15, 0.2) is 78.7 Å². The number of hydrazone groups is 1. The van der Waals surface area contributed by atoms with Crippen LogP contribution >= 0.6 is 0 Å². The van der Waals surface area contributed by atoms with Gasteiger partial charge < -0.3 is 9.47 Å². The highest BCUT2D eigenvalue weighted by molar-refractivity contribution is 6.49. The van der Waals surface area contributed by atoms with Crippen LogP contribution in [0.4, 0.5) is 0 Å². The molecule has 0 saturated heterocycles. The largest absolute Gasteiger partial charge is 0.465 e. The van der Waals surface area contributed by atoms with Crippen molar-refractivity contribution in [2.75, 3.05) is 14.2 Å². The molecule has 2 aromatic carbocycles. The zero-order chi connectivity index (χ0) is 20.4. The van der Waals surface area contributed by atoms with Gasteiger partial charge in [-0.1, -0.05) is 53.2 Å². The molecule has 0 aromatic heterocycles. The van der Waals surface area contributed by atoms with Crippen molar-refractivity contribution >= 4 is 23.2 Å². The molecule has 2 aliphatic rings. The molecular weight excluding hydrogens is 368 g/mol. The van der Waals surface area contributed by atoms with E-state index in [-0.39, 0.29) is 11.3 Å². The molecule has 6 heteroatoms. The molecular formula is C23H19N2O4+. The summed E-state index contributed by atoms with van der Waals surface area (Å²) in [5, 5.41) is 0. The highest BCUT2D eigenvalue weighted by Gasteiger charge is 2.40. The molecule has 6 nitrogen and oxygen atoms in total. The molecule has 0 atom stereocenters. The lowest BCUT2D eigenvalue weighted by Crippen LogP contribution is -2.37. The fourth-order valence-corrected chi connectivity index (χ4v) is 3.62. The zero-order valence-electron chi connectivity index (χ0n) is 16.0. The topological polar surface area (TPSA) is 67.6 Å². The molecule has 1 heterocycles. The third-order valence-electron chi connectivity index (χ3n) is 4.84. The summed E-state index contributed by atoms with van der Waals surface area (Å²) in [5.41, 5.74) is 7.45. The number of nitrogens with one attached hydrogen (secondary N) is 1. The van der Waals surface area contributed by atoms with E-state index < -0.39 is 11.9 Å². The average molecular weight is 387 g/mol. The summed E-state index contributed by atoms with van der Waals surface area (Å²) in [5.74, 6) is -1.29. The number of allylic oxidation sites excluding steroid dienone is 2. The molecule has 29 heavy (non-hydrogen) atoms. The number of hydrazine groups is 1. The highest BCUT2D eigenvalue weighted by atomic mass is 16.5. The van der Waals surface area contributed by atoms with E-state index in [0.29, 0.717) is 5.57 Å². The molecule has 0 unspecified atom stereocenters. The maximum atomic E-state index is 13.0. The normalized spacial score (nSPS) is 15.2. The number of hydrogen-bond donors (Lipinski definition) is 1. The van der Waals surface area contributed by atoms with Crippen LogP contribution in [0.25, 0.3) is 16.7 Å². The Bertz CT molecular complexity index is 1090. The van der Waals surface area contributed by atoms with Gasteiger partial charge in [0.05, 0.1) is 20.4 Å². The van der Waals surface area contributed by atoms with E-state index in [0.717, 1.165) is 22.3 Å². The van der Waals surface area contributed by atoms with Gasteiger partial charge in [-0.05, 0) is 28.3 Å². The van der Waals surface area contributed by atoms with Crippen molar-refractivity contribution in [3.63, 3.8) is 0 Å². The summed E-state index contributed by atoms with van der Waals surface area (Å²) < 4.78 is 11.6. The van der Waals surface area contributed by atoms with Crippen molar-refractivity contribution in [1.82, 2.24) is 5.43 Å². The monoisotopic (exact) mass is 387 g/mol. The lowest BCUT2D eigenvalue weighted by Gasteiger charge is -2.12. The molecule has 0 fully saturated rings. The number of benzene rings is 2. The average Bonchev–Trinajstić information content (AvgIpc) is 3.11. The fraction of sp³-hybridized carbons (Fsp3) is 0.0870. The Kier molecular flexibility index (Phi) is 4.83. The quantitative estimate of drug-likeness (QED) is 0.425. The number of esters is 2. The predicted molar refractivity (Wildman–Crippen MR) is 109 cm³/mol. The second kappa shape index (κ2) is 7.59. The van der Waals surface area contributed by atoms with Crippen LogP contribution in [0.2, 0.25) is 0 Å². The van der Waals surface area contributed by atoms with Crippen LogP contribution in [0.5, 0.6) is 0 Å². The first-order valence-electron chi connectivity index (χ1n) is 9.03. The van der Waals surface area contributed by atoms with Crippen LogP contribution in [0.3, 0.4) is 0 Å². The van der Waals surface area contributed by atoms with Gasteiger partial charge >= 0.3 is 17.7 Å². The van der Waals surface area contributed by atoms with E-state index in [1.54, 1.807) is 24.6 Å². The van der Waals surface area contributed by atoms with Crippen molar-refractivity contribution in [3.8, 4) is 11.1 Å². The molecule has 4 rings (SSSR count). The molecule has 0 saturated carbocycles. The van der Waals surface area contributed by atoms with Crippen molar-refractivity contribution < 1.29 is 23.7 Å². The van der Waals surface area contributed by atoms with Gasteiger partial charge in [0.2, 0.25) is 6.20 Å². The third-order valence-corrected chi connectivity index (χ3v) is 4.84. The fourth-order valence-electron chi connectivity index (χ4n) is 3.62. The Morgan fingerprint density at radius 3 is 1.83 bits per heavy atom. The Morgan fingerprint density at radius 2 is 1.34 bits per heavy atom. The van der Waals surface area contributed by atoms with Gasteiger partial charge in [-0.2, -0.15) is 5.43 Å².